The first-order valence-electron chi connectivity index (χ1n) is 12.6. The van der Waals surface area contributed by atoms with Gasteiger partial charge in [0.25, 0.3) is 0 Å². The highest BCUT2D eigenvalue weighted by Crippen LogP contribution is 2.49. The number of anilines is 1. The summed E-state index contributed by atoms with van der Waals surface area (Å²) in [4.78, 5) is 23.9. The van der Waals surface area contributed by atoms with E-state index < -0.39 is 18.8 Å². The highest BCUT2D eigenvalue weighted by Gasteiger charge is 2.50. The number of carbonyl (C=O) groups excluding carboxylic acids is 1. The van der Waals surface area contributed by atoms with Crippen LogP contribution in [0.3, 0.4) is 0 Å². The maximum Gasteiger partial charge on any atom is 0.490 e. The van der Waals surface area contributed by atoms with Crippen LogP contribution in [0.4, 0.5) is 32.4 Å². The molecule has 0 bridgehead atoms. The highest BCUT2D eigenvalue weighted by molar-refractivity contribution is 5.89. The third kappa shape index (κ3) is 7.90. The van der Waals surface area contributed by atoms with Crippen LogP contribution in [0.2, 0.25) is 0 Å². The number of urea groups is 1. The Bertz CT molecular complexity index is 1200. The molecule has 2 aliphatic rings. The molecule has 0 aromatic heterocycles. The molecular formula is C27H32F5N3O6. The van der Waals surface area contributed by atoms with E-state index in [0.717, 1.165) is 38.0 Å². The molecule has 226 valence electrons. The van der Waals surface area contributed by atoms with E-state index in [1.54, 1.807) is 14.2 Å². The number of benzene rings is 2. The number of ether oxygens (including phenoxy) is 3. The van der Waals surface area contributed by atoms with Gasteiger partial charge in [0.05, 0.1) is 14.2 Å². The lowest BCUT2D eigenvalue weighted by Gasteiger charge is -2.45. The van der Waals surface area contributed by atoms with Gasteiger partial charge in [-0.15, -0.1) is 0 Å². The Kier molecular flexibility index (Phi) is 10.2. The summed E-state index contributed by atoms with van der Waals surface area (Å²) in [5, 5.41) is 13.0. The standard InChI is InChI=1S/C25H31F2N3O4.C2HF3O2/c1-30-13-12-25(16-4-9-20(32-2)21(14-16)33-3)11-10-18(15-22(25)30)29-24(31)28-17-5-7-19(8-6-17)34-23(26)27;3-2(4,5)1(6)7/h4-9,14,18,22-23H,10-13,15H2,1-3H3,(H2,28,29,31);(H,6,7). The molecular weight excluding hydrogens is 557 g/mol. The fraction of sp³-hybridized carbons (Fsp3) is 0.481. The van der Waals surface area contributed by atoms with Crippen LogP contribution in [-0.2, 0) is 10.2 Å². The second-order valence-corrected chi connectivity index (χ2v) is 9.75. The first-order chi connectivity index (χ1) is 19.3. The predicted octanol–water partition coefficient (Wildman–Crippen LogP) is 5.25. The number of hydrogen-bond donors (Lipinski definition) is 3. The number of hydrogen-bond acceptors (Lipinski definition) is 6. The van der Waals surface area contributed by atoms with E-state index in [1.807, 2.05) is 6.07 Å². The third-order valence-corrected chi connectivity index (χ3v) is 7.40. The summed E-state index contributed by atoms with van der Waals surface area (Å²) in [5.41, 5.74) is 1.75. The zero-order chi connectivity index (χ0) is 30.4. The minimum absolute atomic E-state index is 0.00346. The van der Waals surface area contributed by atoms with Crippen LogP contribution in [-0.4, -0.2) is 74.7 Å². The molecule has 1 saturated carbocycles. The summed E-state index contributed by atoms with van der Waals surface area (Å²) in [7, 11) is 5.42. The molecule has 4 rings (SSSR count). The number of rotatable bonds is 7. The van der Waals surface area contributed by atoms with Crippen LogP contribution in [0.15, 0.2) is 42.5 Å². The number of nitrogens with one attached hydrogen (secondary N) is 2. The van der Waals surface area contributed by atoms with Crippen LogP contribution >= 0.6 is 0 Å². The number of amides is 2. The average Bonchev–Trinajstić information content (AvgIpc) is 3.25. The van der Waals surface area contributed by atoms with E-state index in [1.165, 1.54) is 29.8 Å². The first kappa shape index (κ1) is 31.7. The molecule has 2 aromatic carbocycles. The van der Waals surface area contributed by atoms with Crippen molar-refractivity contribution in [3.8, 4) is 17.2 Å². The molecule has 3 unspecified atom stereocenters. The predicted molar refractivity (Wildman–Crippen MR) is 139 cm³/mol. The van der Waals surface area contributed by atoms with Crippen molar-refractivity contribution in [2.24, 2.45) is 0 Å². The number of fused-ring (bicyclic) bond motifs is 1. The zero-order valence-corrected chi connectivity index (χ0v) is 22.6. The van der Waals surface area contributed by atoms with E-state index >= 15 is 0 Å². The molecule has 41 heavy (non-hydrogen) atoms. The summed E-state index contributed by atoms with van der Waals surface area (Å²) in [6, 6.07) is 12.1. The molecule has 2 amide bonds. The summed E-state index contributed by atoms with van der Waals surface area (Å²) in [6.07, 6.45) is -1.40. The maximum absolute atomic E-state index is 12.6. The van der Waals surface area contributed by atoms with Gasteiger partial charge >= 0.3 is 24.8 Å². The van der Waals surface area contributed by atoms with Gasteiger partial charge in [0.15, 0.2) is 11.5 Å². The number of aliphatic carboxylic acids is 1. The number of alkyl halides is 5. The molecule has 0 radical (unpaired) electrons. The number of carboxylic acid groups (broad SMARTS) is 1. The van der Waals surface area contributed by atoms with Crippen molar-refractivity contribution >= 4 is 17.7 Å². The Morgan fingerprint density at radius 2 is 1.68 bits per heavy atom. The van der Waals surface area contributed by atoms with E-state index in [-0.39, 0.29) is 29.3 Å². The first-order valence-corrected chi connectivity index (χ1v) is 12.6. The van der Waals surface area contributed by atoms with Crippen LogP contribution in [0.5, 0.6) is 17.2 Å². The van der Waals surface area contributed by atoms with Crippen molar-refractivity contribution in [3.05, 3.63) is 48.0 Å². The monoisotopic (exact) mass is 589 g/mol. The minimum Gasteiger partial charge on any atom is -0.493 e. The molecule has 2 aromatic rings. The number of carboxylic acids is 1. The van der Waals surface area contributed by atoms with Gasteiger partial charge in [0, 0.05) is 23.2 Å². The third-order valence-electron chi connectivity index (χ3n) is 7.40. The normalized spacial score (nSPS) is 22.2. The largest absolute Gasteiger partial charge is 0.493 e. The van der Waals surface area contributed by atoms with Gasteiger partial charge in [-0.25, -0.2) is 9.59 Å². The van der Waals surface area contributed by atoms with Crippen molar-refractivity contribution in [3.63, 3.8) is 0 Å². The van der Waals surface area contributed by atoms with Gasteiger partial charge in [0.1, 0.15) is 5.75 Å². The Labute approximate surface area is 233 Å². The number of likely N-dealkylation sites (tertiary alicyclic amines) is 1. The number of carbonyl (C=O) groups is 2. The van der Waals surface area contributed by atoms with Crippen LogP contribution in [0, 0.1) is 0 Å². The quantitative estimate of drug-likeness (QED) is 0.379. The molecule has 0 spiro atoms. The summed E-state index contributed by atoms with van der Waals surface area (Å²) >= 11 is 0. The van der Waals surface area contributed by atoms with Crippen molar-refractivity contribution in [1.29, 1.82) is 0 Å². The lowest BCUT2D eigenvalue weighted by molar-refractivity contribution is -0.192. The molecule has 1 heterocycles. The number of likely N-dealkylation sites (N-methyl/N-ethyl adjacent to an activating group) is 1. The van der Waals surface area contributed by atoms with Gasteiger partial charge in [-0.3, -0.25) is 0 Å². The Morgan fingerprint density at radius 3 is 2.24 bits per heavy atom. The van der Waals surface area contributed by atoms with Crippen LogP contribution < -0.4 is 24.8 Å². The fourth-order valence-corrected chi connectivity index (χ4v) is 5.47. The van der Waals surface area contributed by atoms with Crippen LogP contribution in [0.1, 0.15) is 31.2 Å². The van der Waals surface area contributed by atoms with Crippen molar-refractivity contribution in [2.45, 2.75) is 56.0 Å². The van der Waals surface area contributed by atoms with Gasteiger partial charge in [0.2, 0.25) is 0 Å². The molecule has 1 aliphatic carbocycles. The zero-order valence-electron chi connectivity index (χ0n) is 22.6. The second-order valence-electron chi connectivity index (χ2n) is 9.75. The lowest BCUT2D eigenvalue weighted by atomic mass is 9.65. The highest BCUT2D eigenvalue weighted by atomic mass is 19.4. The molecule has 9 nitrogen and oxygen atoms in total. The van der Waals surface area contributed by atoms with E-state index in [0.29, 0.717) is 11.4 Å². The van der Waals surface area contributed by atoms with Gasteiger partial charge in [-0.1, -0.05) is 6.07 Å². The smallest absolute Gasteiger partial charge is 0.490 e. The van der Waals surface area contributed by atoms with Gasteiger partial charge in [-0.05, 0) is 81.2 Å². The van der Waals surface area contributed by atoms with Crippen molar-refractivity contribution in [2.75, 3.05) is 33.1 Å². The molecule has 3 N–H and O–H groups in total. The Hall–Kier alpha value is -3.81. The average molecular weight is 590 g/mol. The van der Waals surface area contributed by atoms with E-state index in [2.05, 4.69) is 39.5 Å². The van der Waals surface area contributed by atoms with Gasteiger partial charge < -0.3 is 34.9 Å². The number of halogens is 5. The lowest BCUT2D eigenvalue weighted by Crippen LogP contribution is -2.52. The summed E-state index contributed by atoms with van der Waals surface area (Å²) in [6.45, 7) is -1.89. The molecule has 14 heteroatoms. The molecule has 3 atom stereocenters. The Balaban J connectivity index is 0.000000587. The number of nitrogens with zero attached hydrogens (tertiary/aromatic N) is 1. The maximum atomic E-state index is 12.6. The Morgan fingerprint density at radius 1 is 1.05 bits per heavy atom. The van der Waals surface area contributed by atoms with Gasteiger partial charge in [-0.2, -0.15) is 22.0 Å². The minimum atomic E-state index is -5.08. The summed E-state index contributed by atoms with van der Waals surface area (Å²) in [5.74, 6) is -1.27. The summed E-state index contributed by atoms with van der Waals surface area (Å²) < 4.78 is 71.6. The van der Waals surface area contributed by atoms with Crippen LogP contribution in [0.25, 0.3) is 0 Å². The van der Waals surface area contributed by atoms with E-state index in [9.17, 15) is 26.7 Å². The molecule has 2 fully saturated rings. The van der Waals surface area contributed by atoms with Crippen molar-refractivity contribution < 1.29 is 50.9 Å². The molecule has 1 saturated heterocycles. The molecule has 1 aliphatic heterocycles. The van der Waals surface area contributed by atoms with Crippen molar-refractivity contribution in [1.82, 2.24) is 10.2 Å². The SMILES string of the molecule is COc1ccc(C23CCC(NC(=O)Nc4ccc(OC(F)F)cc4)CC2N(C)CC3)cc1OC.O=C(O)C(F)(F)F. The topological polar surface area (TPSA) is 109 Å². The number of methoxy groups -OCH3 is 2. The van der Waals surface area contributed by atoms with E-state index in [4.69, 9.17) is 19.4 Å². The second kappa shape index (κ2) is 13.2. The fourth-order valence-electron chi connectivity index (χ4n) is 5.47.